The van der Waals surface area contributed by atoms with Gasteiger partial charge >= 0.3 is 12.3 Å². The standard InChI is InChI=1S/C16H18F3NO3/c1-3-7-15(4-2)9-13(21)11-8-10(16(17,18)19)5-6-12(11)20(15)14(22)23/h5-6,8H,3-4,7,9H2,1-2H3,(H,22,23). The third-order valence-corrected chi connectivity index (χ3v) is 4.39. The molecule has 0 saturated carbocycles. The second-order valence-corrected chi connectivity index (χ2v) is 5.78. The van der Waals surface area contributed by atoms with Crippen LogP contribution in [0.25, 0.3) is 0 Å². The average Bonchev–Trinajstić information content (AvgIpc) is 2.45. The summed E-state index contributed by atoms with van der Waals surface area (Å²) in [6, 6.07) is 2.66. The number of rotatable bonds is 3. The van der Waals surface area contributed by atoms with E-state index in [0.29, 0.717) is 19.3 Å². The van der Waals surface area contributed by atoms with Crippen LogP contribution in [0.5, 0.6) is 0 Å². The molecule has 1 aromatic carbocycles. The molecule has 0 spiro atoms. The van der Waals surface area contributed by atoms with Gasteiger partial charge in [-0.15, -0.1) is 0 Å². The zero-order chi connectivity index (χ0) is 17.4. The molecule has 0 aromatic heterocycles. The van der Waals surface area contributed by atoms with Gasteiger partial charge < -0.3 is 5.11 Å². The first-order chi connectivity index (χ1) is 10.7. The molecule has 1 amide bonds. The second kappa shape index (κ2) is 5.86. The Morgan fingerprint density at radius 2 is 2.00 bits per heavy atom. The molecule has 23 heavy (non-hydrogen) atoms. The van der Waals surface area contributed by atoms with E-state index in [9.17, 15) is 27.9 Å². The minimum absolute atomic E-state index is 0.0389. The van der Waals surface area contributed by atoms with E-state index in [0.717, 1.165) is 23.1 Å². The lowest BCUT2D eigenvalue weighted by Gasteiger charge is -2.45. The normalized spacial score (nSPS) is 21.3. The third kappa shape index (κ3) is 2.92. The van der Waals surface area contributed by atoms with E-state index >= 15 is 0 Å². The van der Waals surface area contributed by atoms with Crippen LogP contribution in [-0.4, -0.2) is 22.5 Å². The highest BCUT2D eigenvalue weighted by Gasteiger charge is 2.46. The van der Waals surface area contributed by atoms with Crippen molar-refractivity contribution in [3.05, 3.63) is 29.3 Å². The van der Waals surface area contributed by atoms with Crippen molar-refractivity contribution in [1.82, 2.24) is 0 Å². The molecule has 1 aliphatic heterocycles. The van der Waals surface area contributed by atoms with E-state index in [1.54, 1.807) is 6.92 Å². The molecular weight excluding hydrogens is 311 g/mol. The Hall–Kier alpha value is -2.05. The van der Waals surface area contributed by atoms with Gasteiger partial charge in [0.15, 0.2) is 5.78 Å². The number of fused-ring (bicyclic) bond motifs is 1. The molecule has 126 valence electrons. The van der Waals surface area contributed by atoms with Gasteiger partial charge in [0.2, 0.25) is 0 Å². The molecular formula is C16H18F3NO3. The average molecular weight is 329 g/mol. The predicted molar refractivity (Wildman–Crippen MR) is 78.8 cm³/mol. The number of hydrogen-bond acceptors (Lipinski definition) is 2. The number of Topliss-reactive ketones (excluding diaryl/α,β-unsaturated/α-hetero) is 1. The van der Waals surface area contributed by atoms with Crippen LogP contribution in [0, 0.1) is 0 Å². The highest BCUT2D eigenvalue weighted by molar-refractivity contribution is 6.09. The first-order valence-corrected chi connectivity index (χ1v) is 7.44. The second-order valence-electron chi connectivity index (χ2n) is 5.78. The lowest BCUT2D eigenvalue weighted by Crippen LogP contribution is -2.55. The van der Waals surface area contributed by atoms with Gasteiger partial charge in [-0.1, -0.05) is 20.3 Å². The predicted octanol–water partition coefficient (Wildman–Crippen LogP) is 4.73. The van der Waals surface area contributed by atoms with Crippen LogP contribution in [0.3, 0.4) is 0 Å². The maximum atomic E-state index is 12.8. The highest BCUT2D eigenvalue weighted by atomic mass is 19.4. The largest absolute Gasteiger partial charge is 0.465 e. The summed E-state index contributed by atoms with van der Waals surface area (Å²) in [5, 5.41) is 9.59. The molecule has 0 bridgehead atoms. The lowest BCUT2D eigenvalue weighted by atomic mass is 9.78. The molecule has 1 aliphatic rings. The van der Waals surface area contributed by atoms with Gasteiger partial charge in [-0.25, -0.2) is 4.79 Å². The summed E-state index contributed by atoms with van der Waals surface area (Å²) < 4.78 is 38.5. The Morgan fingerprint density at radius 1 is 1.35 bits per heavy atom. The van der Waals surface area contributed by atoms with Crippen LogP contribution >= 0.6 is 0 Å². The van der Waals surface area contributed by atoms with Crippen LogP contribution in [0.1, 0.15) is 55.5 Å². The summed E-state index contributed by atoms with van der Waals surface area (Å²) in [4.78, 5) is 25.2. The van der Waals surface area contributed by atoms with E-state index in [4.69, 9.17) is 0 Å². The Morgan fingerprint density at radius 3 is 2.48 bits per heavy atom. The SMILES string of the molecule is CCCC1(CC)CC(=O)c2cc(C(F)(F)F)ccc2N1C(=O)O. The number of carbonyl (C=O) groups is 2. The minimum atomic E-state index is -4.58. The summed E-state index contributed by atoms with van der Waals surface area (Å²) in [5.41, 5.74) is -1.99. The topological polar surface area (TPSA) is 57.6 Å². The smallest absolute Gasteiger partial charge is 0.416 e. The van der Waals surface area contributed by atoms with E-state index in [1.165, 1.54) is 0 Å². The molecule has 1 heterocycles. The molecule has 0 aliphatic carbocycles. The highest BCUT2D eigenvalue weighted by Crippen LogP contribution is 2.43. The van der Waals surface area contributed by atoms with Crippen molar-refractivity contribution in [2.45, 2.75) is 51.2 Å². The number of alkyl halides is 3. The van der Waals surface area contributed by atoms with Crippen LogP contribution in [0.4, 0.5) is 23.7 Å². The number of halogens is 3. The van der Waals surface area contributed by atoms with Crippen LogP contribution in [0.2, 0.25) is 0 Å². The molecule has 1 unspecified atom stereocenters. The molecule has 0 fully saturated rings. The van der Waals surface area contributed by atoms with Crippen molar-refractivity contribution < 1.29 is 27.9 Å². The van der Waals surface area contributed by atoms with E-state index in [-0.39, 0.29) is 17.7 Å². The van der Waals surface area contributed by atoms with Crippen molar-refractivity contribution >= 4 is 17.6 Å². The van der Waals surface area contributed by atoms with Crippen LogP contribution < -0.4 is 4.90 Å². The summed E-state index contributed by atoms with van der Waals surface area (Å²) in [7, 11) is 0. The first-order valence-electron chi connectivity index (χ1n) is 7.44. The molecule has 7 heteroatoms. The van der Waals surface area contributed by atoms with E-state index in [1.807, 2.05) is 6.92 Å². The first kappa shape index (κ1) is 17.3. The lowest BCUT2D eigenvalue weighted by molar-refractivity contribution is -0.137. The number of nitrogens with zero attached hydrogens (tertiary/aromatic N) is 1. The molecule has 2 rings (SSSR count). The quantitative estimate of drug-likeness (QED) is 0.872. The Bertz CT molecular complexity index is 642. The van der Waals surface area contributed by atoms with Gasteiger partial charge in [0.05, 0.1) is 16.8 Å². The number of ketones is 1. The number of benzene rings is 1. The van der Waals surface area contributed by atoms with Gasteiger partial charge in [0, 0.05) is 12.0 Å². The van der Waals surface area contributed by atoms with Crippen LogP contribution in [0.15, 0.2) is 18.2 Å². The van der Waals surface area contributed by atoms with Crippen molar-refractivity contribution in [3.8, 4) is 0 Å². The fraction of sp³-hybridized carbons (Fsp3) is 0.500. The van der Waals surface area contributed by atoms with Crippen molar-refractivity contribution in [1.29, 1.82) is 0 Å². The van der Waals surface area contributed by atoms with Crippen molar-refractivity contribution in [2.75, 3.05) is 4.90 Å². The Balaban J connectivity index is 2.64. The number of carbonyl (C=O) groups excluding carboxylic acids is 1. The number of carboxylic acid groups (broad SMARTS) is 1. The fourth-order valence-corrected chi connectivity index (χ4v) is 3.29. The van der Waals surface area contributed by atoms with Crippen molar-refractivity contribution in [2.24, 2.45) is 0 Å². The van der Waals surface area contributed by atoms with Gasteiger partial charge in [-0.05, 0) is 31.0 Å². The van der Waals surface area contributed by atoms with E-state index < -0.39 is 29.2 Å². The Kier molecular flexibility index (Phi) is 4.41. The molecule has 4 nitrogen and oxygen atoms in total. The summed E-state index contributed by atoms with van der Waals surface area (Å²) in [6.45, 7) is 3.66. The van der Waals surface area contributed by atoms with Crippen LogP contribution in [-0.2, 0) is 6.18 Å². The van der Waals surface area contributed by atoms with Gasteiger partial charge in [0.25, 0.3) is 0 Å². The minimum Gasteiger partial charge on any atom is -0.465 e. The van der Waals surface area contributed by atoms with Crippen molar-refractivity contribution in [3.63, 3.8) is 0 Å². The Labute approximate surface area is 131 Å². The zero-order valence-corrected chi connectivity index (χ0v) is 12.9. The summed E-state index contributed by atoms with van der Waals surface area (Å²) in [6.07, 6.45) is -4.37. The molecule has 1 atom stereocenters. The molecule has 0 radical (unpaired) electrons. The maximum Gasteiger partial charge on any atom is 0.416 e. The number of amides is 1. The van der Waals surface area contributed by atoms with Gasteiger partial charge in [0.1, 0.15) is 0 Å². The number of anilines is 1. The zero-order valence-electron chi connectivity index (χ0n) is 12.9. The van der Waals surface area contributed by atoms with E-state index in [2.05, 4.69) is 0 Å². The molecule has 1 aromatic rings. The molecule has 0 saturated heterocycles. The summed E-state index contributed by atoms with van der Waals surface area (Å²) >= 11 is 0. The maximum absolute atomic E-state index is 12.8. The monoisotopic (exact) mass is 329 g/mol. The third-order valence-electron chi connectivity index (χ3n) is 4.39. The van der Waals surface area contributed by atoms with Gasteiger partial charge in [-0.3, -0.25) is 9.69 Å². The van der Waals surface area contributed by atoms with Gasteiger partial charge in [-0.2, -0.15) is 13.2 Å². The fourth-order valence-electron chi connectivity index (χ4n) is 3.29. The summed E-state index contributed by atoms with van der Waals surface area (Å²) in [5.74, 6) is -0.445. The number of hydrogen-bond donors (Lipinski definition) is 1. The molecule has 1 N–H and O–H groups in total.